The smallest absolute Gasteiger partial charge is 0.317 e. The summed E-state index contributed by atoms with van der Waals surface area (Å²) in [5.41, 5.74) is 0.868. The van der Waals surface area contributed by atoms with Crippen molar-refractivity contribution in [1.82, 2.24) is 0 Å². The third-order valence-electron chi connectivity index (χ3n) is 2.16. The molecule has 0 aliphatic heterocycles. The average molecular weight is 254 g/mol. The van der Waals surface area contributed by atoms with Crippen LogP contribution in [0.3, 0.4) is 0 Å². The first-order chi connectivity index (χ1) is 8.02. The highest BCUT2D eigenvalue weighted by Crippen LogP contribution is 2.19. The second-order valence-corrected chi connectivity index (χ2v) is 4.87. The Morgan fingerprint density at radius 3 is 2.35 bits per heavy atom. The van der Waals surface area contributed by atoms with Crippen LogP contribution in [0.1, 0.15) is 12.5 Å². The first-order valence-electron chi connectivity index (χ1n) is 5.06. The Balaban J connectivity index is 2.71. The molecule has 1 atom stereocenters. The first-order valence-corrected chi connectivity index (χ1v) is 5.94. The number of carbonyl (C=O) groups excluding carboxylic acids is 1. The Morgan fingerprint density at radius 1 is 1.35 bits per heavy atom. The molecule has 0 saturated heterocycles. The van der Waals surface area contributed by atoms with E-state index in [0.29, 0.717) is 6.42 Å². The maximum atomic E-state index is 11.0. The molecule has 0 radical (unpaired) electrons. The van der Waals surface area contributed by atoms with Gasteiger partial charge in [-0.05, 0) is 24.1 Å². The molecule has 5 heteroatoms. The summed E-state index contributed by atoms with van der Waals surface area (Å²) < 4.78 is 5.01. The fourth-order valence-electron chi connectivity index (χ4n) is 1.36. The zero-order valence-corrected chi connectivity index (χ0v) is 10.5. The van der Waals surface area contributed by atoms with E-state index in [0.717, 1.165) is 23.1 Å². The number of hydrogen-bond donors (Lipinski definition) is 1. The Kier molecular flexibility index (Phi) is 5.03. The SMILES string of the molecule is COc1ccc(C[C@H](SC(C)=O)C(=O)O)cc1. The van der Waals surface area contributed by atoms with E-state index in [4.69, 9.17) is 9.84 Å². The molecule has 1 rings (SSSR count). The maximum Gasteiger partial charge on any atom is 0.317 e. The third-order valence-corrected chi connectivity index (χ3v) is 3.15. The van der Waals surface area contributed by atoms with E-state index in [1.807, 2.05) is 0 Å². The van der Waals surface area contributed by atoms with Crippen LogP contribution in [0, 0.1) is 0 Å². The van der Waals surface area contributed by atoms with Crippen LogP contribution < -0.4 is 4.74 Å². The number of benzene rings is 1. The molecule has 0 amide bonds. The first kappa shape index (κ1) is 13.6. The molecule has 0 aliphatic rings. The lowest BCUT2D eigenvalue weighted by Crippen LogP contribution is -2.20. The van der Waals surface area contributed by atoms with Gasteiger partial charge < -0.3 is 9.84 Å². The average Bonchev–Trinajstić information content (AvgIpc) is 2.28. The molecule has 0 aromatic heterocycles. The summed E-state index contributed by atoms with van der Waals surface area (Å²) in [5.74, 6) is -0.249. The maximum absolute atomic E-state index is 11.0. The lowest BCUT2D eigenvalue weighted by molar-refractivity contribution is -0.136. The van der Waals surface area contributed by atoms with Crippen molar-refractivity contribution in [2.75, 3.05) is 7.11 Å². The molecule has 1 N–H and O–H groups in total. The van der Waals surface area contributed by atoms with Crippen LogP contribution in [0.25, 0.3) is 0 Å². The number of ether oxygens (including phenoxy) is 1. The van der Waals surface area contributed by atoms with Gasteiger partial charge in [0.15, 0.2) is 5.12 Å². The van der Waals surface area contributed by atoms with E-state index in [1.165, 1.54) is 6.92 Å². The van der Waals surface area contributed by atoms with Crippen molar-refractivity contribution in [3.05, 3.63) is 29.8 Å². The molecule has 1 aromatic rings. The zero-order valence-electron chi connectivity index (χ0n) is 9.67. The van der Waals surface area contributed by atoms with Gasteiger partial charge in [-0.2, -0.15) is 0 Å². The molecular weight excluding hydrogens is 240 g/mol. The van der Waals surface area contributed by atoms with Crippen molar-refractivity contribution in [2.45, 2.75) is 18.6 Å². The predicted molar refractivity (Wildman–Crippen MR) is 66.4 cm³/mol. The van der Waals surface area contributed by atoms with Crippen molar-refractivity contribution in [2.24, 2.45) is 0 Å². The van der Waals surface area contributed by atoms with Crippen LogP contribution in [-0.2, 0) is 16.0 Å². The summed E-state index contributed by atoms with van der Waals surface area (Å²) >= 11 is 0.843. The van der Waals surface area contributed by atoms with E-state index in [-0.39, 0.29) is 5.12 Å². The number of carboxylic acid groups (broad SMARTS) is 1. The second kappa shape index (κ2) is 6.30. The van der Waals surface area contributed by atoms with Gasteiger partial charge in [-0.1, -0.05) is 23.9 Å². The molecule has 0 saturated carbocycles. The molecule has 17 heavy (non-hydrogen) atoms. The lowest BCUT2D eigenvalue weighted by Gasteiger charge is -2.10. The van der Waals surface area contributed by atoms with Crippen molar-refractivity contribution in [1.29, 1.82) is 0 Å². The van der Waals surface area contributed by atoms with Gasteiger partial charge in [-0.15, -0.1) is 0 Å². The number of methoxy groups -OCH3 is 1. The highest BCUT2D eigenvalue weighted by atomic mass is 32.2. The van der Waals surface area contributed by atoms with Gasteiger partial charge in [-0.3, -0.25) is 9.59 Å². The number of carboxylic acids is 1. The fraction of sp³-hybridized carbons (Fsp3) is 0.333. The molecule has 1 aromatic carbocycles. The molecule has 0 bridgehead atoms. The minimum atomic E-state index is -0.971. The van der Waals surface area contributed by atoms with Crippen LogP contribution in [0.4, 0.5) is 0 Å². The molecular formula is C12H14O4S. The summed E-state index contributed by atoms with van der Waals surface area (Å²) in [4.78, 5) is 21.9. The van der Waals surface area contributed by atoms with E-state index in [2.05, 4.69) is 0 Å². The van der Waals surface area contributed by atoms with Gasteiger partial charge in [-0.25, -0.2) is 0 Å². The van der Waals surface area contributed by atoms with Crippen LogP contribution in [-0.4, -0.2) is 28.6 Å². The molecule has 92 valence electrons. The zero-order chi connectivity index (χ0) is 12.8. The minimum absolute atomic E-state index is 0.189. The predicted octanol–water partition coefficient (Wildman–Crippen LogP) is 1.97. The summed E-state index contributed by atoms with van der Waals surface area (Å²) in [6, 6.07) is 7.14. The third kappa shape index (κ3) is 4.48. The van der Waals surface area contributed by atoms with Crippen LogP contribution in [0.2, 0.25) is 0 Å². The highest BCUT2D eigenvalue weighted by Gasteiger charge is 2.20. The van der Waals surface area contributed by atoms with E-state index < -0.39 is 11.2 Å². The van der Waals surface area contributed by atoms with E-state index in [1.54, 1.807) is 31.4 Å². The van der Waals surface area contributed by atoms with Gasteiger partial charge in [0.05, 0.1) is 7.11 Å². The van der Waals surface area contributed by atoms with Crippen molar-refractivity contribution in [3.8, 4) is 5.75 Å². The van der Waals surface area contributed by atoms with Gasteiger partial charge in [0.2, 0.25) is 0 Å². The van der Waals surface area contributed by atoms with Gasteiger partial charge in [0.1, 0.15) is 11.0 Å². The van der Waals surface area contributed by atoms with Crippen molar-refractivity contribution in [3.63, 3.8) is 0 Å². The van der Waals surface area contributed by atoms with Gasteiger partial charge in [0.25, 0.3) is 0 Å². The standard InChI is InChI=1S/C12H14O4S/c1-8(13)17-11(12(14)15)7-9-3-5-10(16-2)6-4-9/h3-6,11H,7H2,1-2H3,(H,14,15)/t11-/m0/s1. The van der Waals surface area contributed by atoms with Crippen molar-refractivity contribution < 1.29 is 19.4 Å². The number of rotatable bonds is 5. The number of hydrogen-bond acceptors (Lipinski definition) is 4. The topological polar surface area (TPSA) is 63.6 Å². The molecule has 4 nitrogen and oxygen atoms in total. The minimum Gasteiger partial charge on any atom is -0.497 e. The summed E-state index contributed by atoms with van der Waals surface area (Å²) in [6.45, 7) is 1.37. The van der Waals surface area contributed by atoms with Crippen molar-refractivity contribution >= 4 is 22.8 Å². The summed E-state index contributed by atoms with van der Waals surface area (Å²) in [6.07, 6.45) is 0.323. The van der Waals surface area contributed by atoms with Crippen LogP contribution >= 0.6 is 11.8 Å². The molecule has 0 heterocycles. The fourth-order valence-corrected chi connectivity index (χ4v) is 2.13. The number of aliphatic carboxylic acids is 1. The molecule has 0 aliphatic carbocycles. The number of thioether (sulfide) groups is 1. The molecule has 0 spiro atoms. The molecule has 0 unspecified atom stereocenters. The Labute approximate surface area is 104 Å². The molecule has 0 fully saturated rings. The van der Waals surface area contributed by atoms with Gasteiger partial charge >= 0.3 is 5.97 Å². The van der Waals surface area contributed by atoms with E-state index >= 15 is 0 Å². The lowest BCUT2D eigenvalue weighted by atomic mass is 10.1. The van der Waals surface area contributed by atoms with Crippen LogP contribution in [0.15, 0.2) is 24.3 Å². The van der Waals surface area contributed by atoms with Crippen LogP contribution in [0.5, 0.6) is 5.75 Å². The largest absolute Gasteiger partial charge is 0.497 e. The summed E-state index contributed by atoms with van der Waals surface area (Å²) in [7, 11) is 1.57. The number of carbonyl (C=O) groups is 2. The normalized spacial score (nSPS) is 11.9. The highest BCUT2D eigenvalue weighted by molar-refractivity contribution is 8.14. The van der Waals surface area contributed by atoms with E-state index in [9.17, 15) is 9.59 Å². The Bertz CT molecular complexity index is 399. The van der Waals surface area contributed by atoms with Gasteiger partial charge in [0, 0.05) is 6.92 Å². The Morgan fingerprint density at radius 2 is 1.94 bits per heavy atom. The monoisotopic (exact) mass is 254 g/mol. The Hall–Kier alpha value is -1.49. The quantitative estimate of drug-likeness (QED) is 0.870. The second-order valence-electron chi connectivity index (χ2n) is 3.49. The summed E-state index contributed by atoms with van der Waals surface area (Å²) in [5, 5.41) is 8.06.